The van der Waals surface area contributed by atoms with Gasteiger partial charge in [0.1, 0.15) is 5.76 Å². The van der Waals surface area contributed by atoms with E-state index < -0.39 is 0 Å². The highest BCUT2D eigenvalue weighted by Crippen LogP contribution is 2.35. The van der Waals surface area contributed by atoms with Crippen LogP contribution in [0, 0.1) is 0 Å². The minimum Gasteiger partial charge on any atom is -0.360 e. The zero-order valence-corrected chi connectivity index (χ0v) is 7.80. The van der Waals surface area contributed by atoms with Gasteiger partial charge in [-0.05, 0) is 12.8 Å². The first-order chi connectivity index (χ1) is 5.40. The summed E-state index contributed by atoms with van der Waals surface area (Å²) in [6, 6.07) is 2.05. The molecule has 0 radical (unpaired) electrons. The minimum atomic E-state index is 0.687. The summed E-state index contributed by atoms with van der Waals surface area (Å²) in [5.41, 5.74) is 1.14. The second-order valence-electron chi connectivity index (χ2n) is 2.98. The van der Waals surface area contributed by atoms with E-state index in [0.29, 0.717) is 5.92 Å². The van der Waals surface area contributed by atoms with Crippen molar-refractivity contribution < 1.29 is 4.52 Å². The van der Waals surface area contributed by atoms with Crippen LogP contribution < -0.4 is 0 Å². The van der Waals surface area contributed by atoms with Gasteiger partial charge in [0, 0.05) is 12.0 Å². The SMILES string of the molecule is BrCc1cc(C2CCC2)no1. The van der Waals surface area contributed by atoms with E-state index in [-0.39, 0.29) is 0 Å². The quantitative estimate of drug-likeness (QED) is 0.710. The molecule has 0 saturated heterocycles. The van der Waals surface area contributed by atoms with Gasteiger partial charge < -0.3 is 4.52 Å². The molecule has 0 N–H and O–H groups in total. The molecule has 1 saturated carbocycles. The summed E-state index contributed by atoms with van der Waals surface area (Å²) < 4.78 is 5.07. The normalized spacial score (nSPS) is 18.3. The highest BCUT2D eigenvalue weighted by Gasteiger charge is 2.22. The predicted octanol–water partition coefficient (Wildman–Crippen LogP) is 2.84. The highest BCUT2D eigenvalue weighted by atomic mass is 79.9. The lowest BCUT2D eigenvalue weighted by atomic mass is 9.83. The summed E-state index contributed by atoms with van der Waals surface area (Å²) in [4.78, 5) is 0. The van der Waals surface area contributed by atoms with Crippen molar-refractivity contribution in [1.82, 2.24) is 5.16 Å². The van der Waals surface area contributed by atoms with Crippen LogP contribution in [-0.2, 0) is 5.33 Å². The Labute approximate surface area is 74.1 Å². The van der Waals surface area contributed by atoms with Gasteiger partial charge in [0.2, 0.25) is 0 Å². The molecule has 1 aromatic rings. The number of rotatable bonds is 2. The van der Waals surface area contributed by atoms with Gasteiger partial charge in [-0.15, -0.1) is 0 Å². The zero-order chi connectivity index (χ0) is 7.68. The van der Waals surface area contributed by atoms with Gasteiger partial charge in [-0.25, -0.2) is 0 Å². The Bertz CT molecular complexity index is 242. The Morgan fingerprint density at radius 1 is 1.64 bits per heavy atom. The van der Waals surface area contributed by atoms with E-state index >= 15 is 0 Å². The maximum atomic E-state index is 5.07. The minimum absolute atomic E-state index is 0.687. The van der Waals surface area contributed by atoms with Crippen molar-refractivity contribution in [3.63, 3.8) is 0 Å². The molecular formula is C8H10BrNO. The number of halogens is 1. The average molecular weight is 216 g/mol. The third kappa shape index (κ3) is 1.34. The number of aromatic nitrogens is 1. The molecule has 0 amide bonds. The van der Waals surface area contributed by atoms with Gasteiger partial charge in [0.15, 0.2) is 0 Å². The molecule has 1 heterocycles. The van der Waals surface area contributed by atoms with Crippen molar-refractivity contribution in [3.8, 4) is 0 Å². The van der Waals surface area contributed by atoms with E-state index in [1.54, 1.807) is 0 Å². The van der Waals surface area contributed by atoms with Crippen LogP contribution in [0.2, 0.25) is 0 Å². The first-order valence-electron chi connectivity index (χ1n) is 3.91. The largest absolute Gasteiger partial charge is 0.360 e. The summed E-state index contributed by atoms with van der Waals surface area (Å²) >= 11 is 3.33. The van der Waals surface area contributed by atoms with Crippen LogP contribution in [0.1, 0.15) is 36.6 Å². The molecule has 0 atom stereocenters. The first-order valence-corrected chi connectivity index (χ1v) is 5.04. The molecule has 0 spiro atoms. The van der Waals surface area contributed by atoms with Crippen molar-refractivity contribution in [2.75, 3.05) is 0 Å². The fourth-order valence-electron chi connectivity index (χ4n) is 1.29. The van der Waals surface area contributed by atoms with Crippen LogP contribution in [0.25, 0.3) is 0 Å². The second-order valence-corrected chi connectivity index (χ2v) is 3.54. The standard InChI is InChI=1S/C8H10BrNO/c9-5-7-4-8(10-11-7)6-2-1-3-6/h4,6H,1-3,5H2. The van der Waals surface area contributed by atoms with Crippen molar-refractivity contribution in [3.05, 3.63) is 17.5 Å². The molecule has 1 aliphatic carbocycles. The number of alkyl halides is 1. The van der Waals surface area contributed by atoms with Gasteiger partial charge in [-0.2, -0.15) is 0 Å². The number of hydrogen-bond donors (Lipinski definition) is 0. The van der Waals surface area contributed by atoms with Crippen LogP contribution >= 0.6 is 15.9 Å². The predicted molar refractivity (Wildman–Crippen MR) is 45.7 cm³/mol. The topological polar surface area (TPSA) is 26.0 Å². The van der Waals surface area contributed by atoms with Crippen LogP contribution in [0.5, 0.6) is 0 Å². The van der Waals surface area contributed by atoms with Gasteiger partial charge in [-0.3, -0.25) is 0 Å². The maximum absolute atomic E-state index is 5.07. The fraction of sp³-hybridized carbons (Fsp3) is 0.625. The van der Waals surface area contributed by atoms with Crippen molar-refractivity contribution >= 4 is 15.9 Å². The lowest BCUT2D eigenvalue weighted by Crippen LogP contribution is -2.08. The molecule has 1 aromatic heterocycles. The third-order valence-electron chi connectivity index (χ3n) is 2.23. The Kier molecular flexibility index (Phi) is 1.98. The molecule has 3 heteroatoms. The smallest absolute Gasteiger partial charge is 0.147 e. The Morgan fingerprint density at radius 2 is 2.45 bits per heavy atom. The highest BCUT2D eigenvalue weighted by molar-refractivity contribution is 9.08. The summed E-state index contributed by atoms with van der Waals surface area (Å²) in [7, 11) is 0. The summed E-state index contributed by atoms with van der Waals surface area (Å²) in [5, 5.41) is 4.77. The molecule has 0 aliphatic heterocycles. The van der Waals surface area contributed by atoms with Crippen molar-refractivity contribution in [2.45, 2.75) is 30.5 Å². The maximum Gasteiger partial charge on any atom is 0.147 e. The molecular weight excluding hydrogens is 206 g/mol. The van der Waals surface area contributed by atoms with Crippen LogP contribution in [0.4, 0.5) is 0 Å². The van der Waals surface area contributed by atoms with Gasteiger partial charge in [0.05, 0.1) is 11.0 Å². The van der Waals surface area contributed by atoms with E-state index in [0.717, 1.165) is 16.8 Å². The van der Waals surface area contributed by atoms with E-state index in [4.69, 9.17) is 4.52 Å². The summed E-state index contributed by atoms with van der Waals surface area (Å²) in [6.07, 6.45) is 3.92. The number of nitrogens with zero attached hydrogens (tertiary/aromatic N) is 1. The van der Waals surface area contributed by atoms with Gasteiger partial charge in [0.25, 0.3) is 0 Å². The molecule has 0 unspecified atom stereocenters. The Morgan fingerprint density at radius 3 is 2.91 bits per heavy atom. The van der Waals surface area contributed by atoms with Crippen LogP contribution in [-0.4, -0.2) is 5.16 Å². The van der Waals surface area contributed by atoms with Crippen LogP contribution in [0.15, 0.2) is 10.6 Å². The van der Waals surface area contributed by atoms with Gasteiger partial charge in [-0.1, -0.05) is 27.5 Å². The molecule has 0 bridgehead atoms. The molecule has 0 aromatic carbocycles. The molecule has 1 fully saturated rings. The van der Waals surface area contributed by atoms with Crippen LogP contribution in [0.3, 0.4) is 0 Å². The molecule has 2 rings (SSSR count). The Balaban J connectivity index is 2.11. The summed E-state index contributed by atoms with van der Waals surface area (Å²) in [6.45, 7) is 0. The van der Waals surface area contributed by atoms with E-state index in [2.05, 4.69) is 27.2 Å². The van der Waals surface area contributed by atoms with Crippen molar-refractivity contribution in [2.24, 2.45) is 0 Å². The van der Waals surface area contributed by atoms with E-state index in [1.165, 1.54) is 19.3 Å². The van der Waals surface area contributed by atoms with Crippen molar-refractivity contribution in [1.29, 1.82) is 0 Å². The first kappa shape index (κ1) is 7.35. The lowest BCUT2D eigenvalue weighted by molar-refractivity contribution is 0.353. The lowest BCUT2D eigenvalue weighted by Gasteiger charge is -2.22. The van der Waals surface area contributed by atoms with E-state index in [9.17, 15) is 0 Å². The Hall–Kier alpha value is -0.310. The second kappa shape index (κ2) is 2.97. The average Bonchev–Trinajstić information content (AvgIpc) is 2.32. The molecule has 2 nitrogen and oxygen atoms in total. The monoisotopic (exact) mass is 215 g/mol. The molecule has 11 heavy (non-hydrogen) atoms. The van der Waals surface area contributed by atoms with Gasteiger partial charge >= 0.3 is 0 Å². The fourth-order valence-corrected chi connectivity index (χ4v) is 1.55. The number of hydrogen-bond acceptors (Lipinski definition) is 2. The molecule has 60 valence electrons. The zero-order valence-electron chi connectivity index (χ0n) is 6.22. The summed E-state index contributed by atoms with van der Waals surface area (Å²) in [5.74, 6) is 1.62. The third-order valence-corrected chi connectivity index (χ3v) is 2.78. The molecule has 1 aliphatic rings. The van der Waals surface area contributed by atoms with E-state index in [1.807, 2.05) is 0 Å².